The number of carbonyl (C=O) groups is 1. The predicted octanol–water partition coefficient (Wildman–Crippen LogP) is 6.09. The number of fused-ring (bicyclic) bond motifs is 3. The first-order valence-electron chi connectivity index (χ1n) is 11.1. The Balaban J connectivity index is 1.39. The van der Waals surface area contributed by atoms with Crippen molar-refractivity contribution in [2.24, 2.45) is 0 Å². The highest BCUT2D eigenvalue weighted by atomic mass is 16.5. The largest absolute Gasteiger partial charge is 0.478 e. The number of hydrogen-bond acceptors (Lipinski definition) is 4. The van der Waals surface area contributed by atoms with Crippen molar-refractivity contribution in [2.75, 3.05) is 6.73 Å². The first kappa shape index (κ1) is 20.5. The van der Waals surface area contributed by atoms with Crippen molar-refractivity contribution in [1.82, 2.24) is 4.90 Å². The lowest BCUT2D eigenvalue weighted by atomic mass is 10.0. The Morgan fingerprint density at radius 3 is 2.47 bits per heavy atom. The highest BCUT2D eigenvalue weighted by Gasteiger charge is 2.33. The van der Waals surface area contributed by atoms with Crippen molar-refractivity contribution in [3.05, 3.63) is 99.8 Å². The first-order valence-corrected chi connectivity index (χ1v) is 11.1. The van der Waals surface area contributed by atoms with E-state index < -0.39 is 0 Å². The molecule has 32 heavy (non-hydrogen) atoms. The van der Waals surface area contributed by atoms with E-state index in [4.69, 9.17) is 9.47 Å². The molecule has 0 unspecified atom stereocenters. The molecule has 0 radical (unpaired) electrons. The summed E-state index contributed by atoms with van der Waals surface area (Å²) >= 11 is 0. The zero-order valence-corrected chi connectivity index (χ0v) is 18.7. The Kier molecular flexibility index (Phi) is 5.32. The van der Waals surface area contributed by atoms with Gasteiger partial charge in [0, 0.05) is 13.1 Å². The summed E-state index contributed by atoms with van der Waals surface area (Å²) in [6, 6.07) is 20.5. The van der Waals surface area contributed by atoms with Crippen LogP contribution in [0.4, 0.5) is 0 Å². The van der Waals surface area contributed by atoms with Gasteiger partial charge in [0.25, 0.3) is 0 Å². The van der Waals surface area contributed by atoms with Crippen LogP contribution in [0.5, 0.6) is 11.5 Å². The average molecular weight is 426 g/mol. The molecule has 4 heteroatoms. The number of ether oxygens (including phenoxy) is 2. The maximum absolute atomic E-state index is 13.0. The van der Waals surface area contributed by atoms with E-state index in [1.807, 2.05) is 30.3 Å². The SMILES string of the molecule is Cc1ccc(CN2COc3ccc4c(c3C2)O/C(=C\c2ccc(C(C)C)cc2)C4=O)cc1. The van der Waals surface area contributed by atoms with E-state index in [0.29, 0.717) is 36.3 Å². The number of benzene rings is 3. The standard InChI is InChI=1S/C28H27NO3/c1-18(2)22-10-8-20(9-11-22)14-26-27(30)23-12-13-25-24(28(23)32-26)16-29(17-31-25)15-21-6-4-19(3)5-7-21/h4-14,18H,15-17H2,1-3H3/b26-14-. The average Bonchev–Trinajstić information content (AvgIpc) is 3.11. The summed E-state index contributed by atoms with van der Waals surface area (Å²) in [5.74, 6) is 2.18. The molecule has 0 aromatic heterocycles. The molecule has 162 valence electrons. The molecule has 4 nitrogen and oxygen atoms in total. The zero-order chi connectivity index (χ0) is 22.2. The van der Waals surface area contributed by atoms with Gasteiger partial charge in [0.05, 0.1) is 11.1 Å². The van der Waals surface area contributed by atoms with Crippen LogP contribution in [0, 0.1) is 6.92 Å². The third-order valence-corrected chi connectivity index (χ3v) is 6.11. The van der Waals surface area contributed by atoms with Crippen LogP contribution < -0.4 is 9.47 Å². The van der Waals surface area contributed by atoms with Crippen molar-refractivity contribution in [3.8, 4) is 11.5 Å². The molecule has 0 spiro atoms. The Bertz CT molecular complexity index is 1190. The minimum atomic E-state index is -0.0774. The molecule has 0 aliphatic carbocycles. The lowest BCUT2D eigenvalue weighted by molar-refractivity contribution is 0.0873. The molecule has 3 aromatic carbocycles. The topological polar surface area (TPSA) is 38.8 Å². The van der Waals surface area contributed by atoms with Gasteiger partial charge in [-0.1, -0.05) is 67.9 Å². The van der Waals surface area contributed by atoms with Gasteiger partial charge >= 0.3 is 0 Å². The number of ketones is 1. The smallest absolute Gasteiger partial charge is 0.231 e. The highest BCUT2D eigenvalue weighted by Crippen LogP contribution is 2.42. The highest BCUT2D eigenvalue weighted by molar-refractivity contribution is 6.15. The van der Waals surface area contributed by atoms with E-state index in [0.717, 1.165) is 23.4 Å². The molecule has 0 amide bonds. The van der Waals surface area contributed by atoms with Crippen LogP contribution in [0.3, 0.4) is 0 Å². The molecule has 0 bridgehead atoms. The quantitative estimate of drug-likeness (QED) is 0.475. The van der Waals surface area contributed by atoms with Crippen molar-refractivity contribution in [3.63, 3.8) is 0 Å². The third-order valence-electron chi connectivity index (χ3n) is 6.11. The second kappa shape index (κ2) is 8.29. The molecule has 2 heterocycles. The Labute approximate surface area is 189 Å². The van der Waals surface area contributed by atoms with Gasteiger partial charge < -0.3 is 9.47 Å². The fourth-order valence-electron chi connectivity index (χ4n) is 4.19. The van der Waals surface area contributed by atoms with Crippen LogP contribution in [-0.2, 0) is 13.1 Å². The second-order valence-corrected chi connectivity index (χ2v) is 8.93. The number of carbonyl (C=O) groups excluding carboxylic acids is 1. The van der Waals surface area contributed by atoms with Gasteiger partial charge in [0.1, 0.15) is 18.2 Å². The number of Topliss-reactive ketones (excluding diaryl/α,β-unsaturated/α-hetero) is 1. The molecule has 3 aromatic rings. The van der Waals surface area contributed by atoms with E-state index in [2.05, 4.69) is 62.1 Å². The van der Waals surface area contributed by atoms with Crippen LogP contribution in [0.2, 0.25) is 0 Å². The third kappa shape index (κ3) is 3.94. The summed E-state index contributed by atoms with van der Waals surface area (Å²) in [5.41, 5.74) is 6.25. The molecule has 0 atom stereocenters. The Morgan fingerprint density at radius 1 is 1.00 bits per heavy atom. The van der Waals surface area contributed by atoms with Crippen molar-refractivity contribution in [1.29, 1.82) is 0 Å². The maximum Gasteiger partial charge on any atom is 0.231 e. The number of rotatable bonds is 4. The number of hydrogen-bond donors (Lipinski definition) is 0. The molecule has 2 aliphatic heterocycles. The lowest BCUT2D eigenvalue weighted by Crippen LogP contribution is -2.31. The van der Waals surface area contributed by atoms with E-state index in [1.165, 1.54) is 16.7 Å². The van der Waals surface area contributed by atoms with Crippen LogP contribution >= 0.6 is 0 Å². The van der Waals surface area contributed by atoms with E-state index in [9.17, 15) is 4.79 Å². The number of allylic oxidation sites excluding steroid dienone is 1. The van der Waals surface area contributed by atoms with Gasteiger partial charge in [-0.15, -0.1) is 0 Å². The van der Waals surface area contributed by atoms with Crippen LogP contribution in [0.1, 0.15) is 57.9 Å². The Morgan fingerprint density at radius 2 is 1.75 bits per heavy atom. The van der Waals surface area contributed by atoms with E-state index in [1.54, 1.807) is 0 Å². The van der Waals surface area contributed by atoms with Crippen LogP contribution in [0.25, 0.3) is 6.08 Å². The normalized spacial score (nSPS) is 16.6. The summed E-state index contributed by atoms with van der Waals surface area (Å²) in [6.45, 7) is 8.39. The predicted molar refractivity (Wildman–Crippen MR) is 126 cm³/mol. The first-order chi connectivity index (χ1) is 15.5. The zero-order valence-electron chi connectivity index (χ0n) is 18.7. The molecule has 0 fully saturated rings. The van der Waals surface area contributed by atoms with Crippen LogP contribution in [-0.4, -0.2) is 17.4 Å². The molecule has 5 rings (SSSR count). The van der Waals surface area contributed by atoms with Crippen molar-refractivity contribution < 1.29 is 14.3 Å². The Hall–Kier alpha value is -3.37. The van der Waals surface area contributed by atoms with E-state index in [-0.39, 0.29) is 5.78 Å². The molecule has 2 aliphatic rings. The number of nitrogens with zero attached hydrogens (tertiary/aromatic N) is 1. The minimum absolute atomic E-state index is 0.0774. The molecule has 0 saturated carbocycles. The molecule has 0 N–H and O–H groups in total. The van der Waals surface area contributed by atoms with Crippen LogP contribution in [0.15, 0.2) is 66.4 Å². The summed E-state index contributed by atoms with van der Waals surface area (Å²) < 4.78 is 12.1. The fourth-order valence-corrected chi connectivity index (χ4v) is 4.19. The summed E-state index contributed by atoms with van der Waals surface area (Å²) in [4.78, 5) is 15.2. The van der Waals surface area contributed by atoms with Gasteiger partial charge in [-0.3, -0.25) is 9.69 Å². The fraction of sp³-hybridized carbons (Fsp3) is 0.250. The van der Waals surface area contributed by atoms with Crippen molar-refractivity contribution >= 4 is 11.9 Å². The van der Waals surface area contributed by atoms with Gasteiger partial charge in [0.15, 0.2) is 5.76 Å². The van der Waals surface area contributed by atoms with Gasteiger partial charge in [-0.25, -0.2) is 0 Å². The number of aryl methyl sites for hydroxylation is 1. The lowest BCUT2D eigenvalue weighted by Gasteiger charge is -2.29. The monoisotopic (exact) mass is 425 g/mol. The van der Waals surface area contributed by atoms with Gasteiger partial charge in [-0.05, 0) is 47.7 Å². The molecular weight excluding hydrogens is 398 g/mol. The van der Waals surface area contributed by atoms with E-state index >= 15 is 0 Å². The summed E-state index contributed by atoms with van der Waals surface area (Å²) in [6.07, 6.45) is 1.83. The van der Waals surface area contributed by atoms with Crippen molar-refractivity contribution in [2.45, 2.75) is 39.8 Å². The maximum atomic E-state index is 13.0. The van der Waals surface area contributed by atoms with Gasteiger partial charge in [0.2, 0.25) is 5.78 Å². The molecule has 0 saturated heterocycles. The summed E-state index contributed by atoms with van der Waals surface area (Å²) in [5, 5.41) is 0. The molecular formula is C28H27NO3. The second-order valence-electron chi connectivity index (χ2n) is 8.93. The summed E-state index contributed by atoms with van der Waals surface area (Å²) in [7, 11) is 0. The minimum Gasteiger partial charge on any atom is -0.478 e. The van der Waals surface area contributed by atoms with Gasteiger partial charge in [-0.2, -0.15) is 0 Å².